The van der Waals surface area contributed by atoms with Crippen LogP contribution in [0.4, 0.5) is 0 Å². The average Bonchev–Trinajstić information content (AvgIpc) is 3.11. The number of benzene rings is 2. The molecule has 1 fully saturated rings. The van der Waals surface area contributed by atoms with Gasteiger partial charge in [0.05, 0.1) is 6.61 Å². The molecule has 4 heteroatoms. The number of fused-ring (bicyclic) bond motifs is 1. The lowest BCUT2D eigenvalue weighted by atomic mass is 10.0. The highest BCUT2D eigenvalue weighted by molar-refractivity contribution is 5.47. The first kappa shape index (κ1) is 16.3. The number of nitrogens with zero attached hydrogens (tertiary/aromatic N) is 1. The molecule has 2 aliphatic rings. The monoisotopic (exact) mass is 339 g/mol. The summed E-state index contributed by atoms with van der Waals surface area (Å²) < 4.78 is 17.2. The van der Waals surface area contributed by atoms with Crippen molar-refractivity contribution < 1.29 is 14.2 Å². The van der Waals surface area contributed by atoms with Crippen LogP contribution in [0.25, 0.3) is 0 Å². The maximum absolute atomic E-state index is 5.88. The maximum atomic E-state index is 5.88. The number of ether oxygens (including phenoxy) is 3. The van der Waals surface area contributed by atoms with Gasteiger partial charge in [0, 0.05) is 18.2 Å². The molecule has 0 amide bonds. The quantitative estimate of drug-likeness (QED) is 0.817. The lowest BCUT2D eigenvalue weighted by Gasteiger charge is -2.27. The van der Waals surface area contributed by atoms with Crippen molar-refractivity contribution in [1.29, 1.82) is 0 Å². The van der Waals surface area contributed by atoms with Crippen molar-refractivity contribution in [3.8, 4) is 17.2 Å². The lowest BCUT2D eigenvalue weighted by molar-refractivity contribution is 0.165. The van der Waals surface area contributed by atoms with Crippen LogP contribution in [-0.4, -0.2) is 31.3 Å². The van der Waals surface area contributed by atoms with E-state index < -0.39 is 0 Å². The summed E-state index contributed by atoms with van der Waals surface area (Å²) in [6.45, 7) is 5.99. The summed E-state index contributed by atoms with van der Waals surface area (Å²) in [5.74, 6) is 2.74. The molecule has 0 bridgehead atoms. The highest BCUT2D eigenvalue weighted by Crippen LogP contribution is 2.38. The molecule has 0 aliphatic carbocycles. The summed E-state index contributed by atoms with van der Waals surface area (Å²) >= 11 is 0. The molecule has 0 spiro atoms. The van der Waals surface area contributed by atoms with Crippen molar-refractivity contribution in [2.24, 2.45) is 0 Å². The minimum absolute atomic E-state index is 0.455. The van der Waals surface area contributed by atoms with Gasteiger partial charge in [-0.2, -0.15) is 0 Å². The van der Waals surface area contributed by atoms with Crippen LogP contribution in [0.15, 0.2) is 42.5 Å². The molecule has 25 heavy (non-hydrogen) atoms. The molecule has 2 aliphatic heterocycles. The van der Waals surface area contributed by atoms with Crippen LogP contribution in [0.2, 0.25) is 0 Å². The predicted octanol–water partition coefficient (Wildman–Crippen LogP) is 4.19. The Morgan fingerprint density at radius 1 is 1.08 bits per heavy atom. The predicted molar refractivity (Wildman–Crippen MR) is 97.4 cm³/mol. The molecule has 0 N–H and O–H groups in total. The third-order valence-corrected chi connectivity index (χ3v) is 4.96. The number of rotatable bonds is 5. The Bertz CT molecular complexity index is 714. The fourth-order valence-electron chi connectivity index (χ4n) is 3.82. The smallest absolute Gasteiger partial charge is 0.165 e. The molecule has 2 aromatic carbocycles. The second-order valence-electron chi connectivity index (χ2n) is 6.57. The molecule has 1 atom stereocenters. The Hall–Kier alpha value is -2.20. The Morgan fingerprint density at radius 2 is 1.92 bits per heavy atom. The molecule has 0 radical (unpaired) electrons. The van der Waals surface area contributed by atoms with Gasteiger partial charge in [-0.05, 0) is 50.1 Å². The second-order valence-corrected chi connectivity index (χ2v) is 6.57. The fourth-order valence-corrected chi connectivity index (χ4v) is 3.82. The van der Waals surface area contributed by atoms with Crippen LogP contribution in [0.3, 0.4) is 0 Å². The van der Waals surface area contributed by atoms with E-state index in [4.69, 9.17) is 14.2 Å². The largest absolute Gasteiger partial charge is 0.494 e. The first-order valence-corrected chi connectivity index (χ1v) is 9.19. The molecule has 2 heterocycles. The Morgan fingerprint density at radius 3 is 2.76 bits per heavy atom. The van der Waals surface area contributed by atoms with Gasteiger partial charge in [0.1, 0.15) is 19.0 Å². The van der Waals surface area contributed by atoms with Gasteiger partial charge >= 0.3 is 0 Å². The molecule has 132 valence electrons. The zero-order chi connectivity index (χ0) is 17.1. The third kappa shape index (κ3) is 3.45. The van der Waals surface area contributed by atoms with Gasteiger partial charge in [-0.3, -0.25) is 4.90 Å². The van der Waals surface area contributed by atoms with Crippen LogP contribution in [0, 0.1) is 0 Å². The summed E-state index contributed by atoms with van der Waals surface area (Å²) in [5, 5.41) is 0. The van der Waals surface area contributed by atoms with Crippen LogP contribution in [-0.2, 0) is 6.54 Å². The van der Waals surface area contributed by atoms with Gasteiger partial charge in [-0.25, -0.2) is 0 Å². The van der Waals surface area contributed by atoms with E-state index in [0.717, 1.165) is 30.3 Å². The Kier molecular flexibility index (Phi) is 4.79. The topological polar surface area (TPSA) is 30.9 Å². The highest BCUT2D eigenvalue weighted by Gasteiger charge is 2.27. The fraction of sp³-hybridized carbons (Fsp3) is 0.429. The zero-order valence-corrected chi connectivity index (χ0v) is 14.7. The molecule has 2 aromatic rings. The van der Waals surface area contributed by atoms with Gasteiger partial charge in [-0.1, -0.05) is 24.3 Å². The number of hydrogen-bond donors (Lipinski definition) is 0. The van der Waals surface area contributed by atoms with Crippen LogP contribution in [0.5, 0.6) is 17.2 Å². The minimum Gasteiger partial charge on any atom is -0.494 e. The van der Waals surface area contributed by atoms with E-state index >= 15 is 0 Å². The van der Waals surface area contributed by atoms with E-state index in [1.165, 1.54) is 24.0 Å². The number of likely N-dealkylation sites (tertiary alicyclic amines) is 1. The molecule has 0 aromatic heterocycles. The molecule has 4 nitrogen and oxygen atoms in total. The summed E-state index contributed by atoms with van der Waals surface area (Å²) in [6, 6.07) is 15.2. The first-order valence-electron chi connectivity index (χ1n) is 9.19. The summed E-state index contributed by atoms with van der Waals surface area (Å²) in [7, 11) is 0. The number of hydrogen-bond acceptors (Lipinski definition) is 4. The normalized spacial score (nSPS) is 19.8. The first-order chi connectivity index (χ1) is 12.3. The summed E-state index contributed by atoms with van der Waals surface area (Å²) in [5.41, 5.74) is 2.58. The van der Waals surface area contributed by atoms with Crippen molar-refractivity contribution in [3.63, 3.8) is 0 Å². The van der Waals surface area contributed by atoms with E-state index in [1.807, 2.05) is 13.0 Å². The van der Waals surface area contributed by atoms with E-state index in [9.17, 15) is 0 Å². The zero-order valence-electron chi connectivity index (χ0n) is 14.7. The molecule has 4 rings (SSSR count). The van der Waals surface area contributed by atoms with Crippen LogP contribution in [0.1, 0.15) is 36.9 Å². The van der Waals surface area contributed by atoms with E-state index in [0.29, 0.717) is 25.9 Å². The maximum Gasteiger partial charge on any atom is 0.165 e. The molecule has 0 saturated carbocycles. The molecular formula is C21H25NO3. The van der Waals surface area contributed by atoms with Crippen molar-refractivity contribution in [3.05, 3.63) is 53.6 Å². The van der Waals surface area contributed by atoms with Gasteiger partial charge in [0.15, 0.2) is 11.5 Å². The van der Waals surface area contributed by atoms with Gasteiger partial charge < -0.3 is 14.2 Å². The van der Waals surface area contributed by atoms with Gasteiger partial charge in [0.2, 0.25) is 0 Å². The summed E-state index contributed by atoms with van der Waals surface area (Å²) in [6.07, 6.45) is 2.42. The summed E-state index contributed by atoms with van der Waals surface area (Å²) in [4.78, 5) is 2.54. The number of para-hydroxylation sites is 1. The SMILES string of the molecule is CCOc1ccc(C2CCCN2Cc2cccc3c2OCCO3)cc1. The van der Waals surface area contributed by atoms with Crippen LogP contribution >= 0.6 is 0 Å². The van der Waals surface area contributed by atoms with Gasteiger partial charge in [-0.15, -0.1) is 0 Å². The Labute approximate surface area is 149 Å². The van der Waals surface area contributed by atoms with Crippen molar-refractivity contribution in [2.45, 2.75) is 32.4 Å². The van der Waals surface area contributed by atoms with Gasteiger partial charge in [0.25, 0.3) is 0 Å². The van der Waals surface area contributed by atoms with E-state index in [2.05, 4.69) is 41.3 Å². The Balaban J connectivity index is 1.52. The van der Waals surface area contributed by atoms with E-state index in [-0.39, 0.29) is 0 Å². The third-order valence-electron chi connectivity index (χ3n) is 4.96. The van der Waals surface area contributed by atoms with Crippen molar-refractivity contribution in [2.75, 3.05) is 26.4 Å². The van der Waals surface area contributed by atoms with Crippen molar-refractivity contribution >= 4 is 0 Å². The molecule has 1 saturated heterocycles. The standard InChI is InChI=1S/C21H25NO3/c1-2-23-18-10-8-16(9-11-18)19-6-4-12-22(19)15-17-5-3-7-20-21(17)25-14-13-24-20/h3,5,7-11,19H,2,4,6,12-15H2,1H3. The average molecular weight is 339 g/mol. The lowest BCUT2D eigenvalue weighted by Crippen LogP contribution is -2.24. The molecule has 1 unspecified atom stereocenters. The van der Waals surface area contributed by atoms with Crippen molar-refractivity contribution in [1.82, 2.24) is 4.90 Å². The van der Waals surface area contributed by atoms with Crippen LogP contribution < -0.4 is 14.2 Å². The highest BCUT2D eigenvalue weighted by atomic mass is 16.6. The second kappa shape index (κ2) is 7.36. The van der Waals surface area contributed by atoms with E-state index in [1.54, 1.807) is 0 Å². The minimum atomic E-state index is 0.455. The molecular weight excluding hydrogens is 314 g/mol.